The molecule has 4 atom stereocenters. The van der Waals surface area contributed by atoms with E-state index in [4.69, 9.17) is 14.6 Å². The second kappa shape index (κ2) is 7.92. The minimum atomic E-state index is -1.66. The first-order valence-corrected chi connectivity index (χ1v) is 10.1. The van der Waals surface area contributed by atoms with Crippen LogP contribution in [0.15, 0.2) is 48.1 Å². The highest BCUT2D eigenvalue weighted by atomic mass is 16.6. The van der Waals surface area contributed by atoms with Crippen molar-refractivity contribution in [2.45, 2.75) is 51.7 Å². The predicted octanol–water partition coefficient (Wildman–Crippen LogP) is 2.62. The van der Waals surface area contributed by atoms with Gasteiger partial charge in [0.15, 0.2) is 5.60 Å². The van der Waals surface area contributed by atoms with E-state index < -0.39 is 29.1 Å². The van der Waals surface area contributed by atoms with Gasteiger partial charge in [-0.3, -0.25) is 0 Å². The van der Waals surface area contributed by atoms with Crippen molar-refractivity contribution in [1.29, 1.82) is 0 Å². The molecule has 0 unspecified atom stereocenters. The van der Waals surface area contributed by atoms with E-state index in [2.05, 4.69) is 13.8 Å². The van der Waals surface area contributed by atoms with Crippen LogP contribution < -0.4 is 0 Å². The van der Waals surface area contributed by atoms with Crippen molar-refractivity contribution in [3.8, 4) is 0 Å². The highest BCUT2D eigenvalue weighted by Gasteiger charge is 2.69. The predicted molar refractivity (Wildman–Crippen MR) is 108 cm³/mol. The maximum Gasteiger partial charge on any atom is 0.343 e. The number of rotatable bonds is 5. The van der Waals surface area contributed by atoms with Gasteiger partial charge in [0.05, 0.1) is 6.61 Å². The van der Waals surface area contributed by atoms with Gasteiger partial charge in [-0.25, -0.2) is 9.59 Å². The number of hydrogen-bond donors (Lipinski definition) is 2. The van der Waals surface area contributed by atoms with E-state index >= 15 is 0 Å². The molecule has 3 aliphatic rings. The SMILES string of the molecule is CC1(C)CCC[C@]2(C)[C@H]1[C@H](OC(=O)/C=C/C=C/C=C/CO)C=C1COC(=O)[C@@]12O. The number of carbonyl (C=O) groups excluding carboxylic acids is 2. The topological polar surface area (TPSA) is 93.1 Å². The fourth-order valence-corrected chi connectivity index (χ4v) is 5.52. The first-order chi connectivity index (χ1) is 13.7. The maximum atomic E-state index is 12.5. The zero-order valence-electron chi connectivity index (χ0n) is 17.3. The Labute approximate surface area is 171 Å². The fraction of sp³-hybridized carbons (Fsp3) is 0.565. The fourth-order valence-electron chi connectivity index (χ4n) is 5.52. The standard InChI is InChI=1S/C23H30O6/c1-21(2)11-9-12-22(3)19(21)17(14-16-15-28-20(26)23(16,22)27)29-18(25)10-7-5-4-6-8-13-24/h4-8,10,14,17,19,24,27H,9,11-13,15H2,1-3H3/b5-4+,8-6+,10-7+/t17-,19+,22-,23+/m1/s1. The Bertz CT molecular complexity index is 789. The summed E-state index contributed by atoms with van der Waals surface area (Å²) in [5.41, 5.74) is -2.15. The number of aliphatic hydroxyl groups is 2. The lowest BCUT2D eigenvalue weighted by Crippen LogP contribution is -2.65. The van der Waals surface area contributed by atoms with Crippen LogP contribution in [0.25, 0.3) is 0 Å². The van der Waals surface area contributed by atoms with Gasteiger partial charge < -0.3 is 19.7 Å². The Kier molecular flexibility index (Phi) is 5.88. The van der Waals surface area contributed by atoms with Crippen molar-refractivity contribution < 1.29 is 29.3 Å². The summed E-state index contributed by atoms with van der Waals surface area (Å²) in [6.07, 6.45) is 13.2. The van der Waals surface area contributed by atoms with Gasteiger partial charge in [0, 0.05) is 23.0 Å². The van der Waals surface area contributed by atoms with Crippen molar-refractivity contribution in [2.24, 2.45) is 16.7 Å². The highest BCUT2D eigenvalue weighted by molar-refractivity contribution is 5.88. The third kappa shape index (κ3) is 3.60. The number of carbonyl (C=O) groups is 2. The molecule has 0 aromatic carbocycles. The molecule has 0 spiro atoms. The number of hydrogen-bond acceptors (Lipinski definition) is 6. The molecule has 29 heavy (non-hydrogen) atoms. The van der Waals surface area contributed by atoms with Crippen molar-refractivity contribution in [3.63, 3.8) is 0 Å². The van der Waals surface area contributed by atoms with Crippen LogP contribution in [0.3, 0.4) is 0 Å². The number of allylic oxidation sites excluding steroid dienone is 4. The van der Waals surface area contributed by atoms with Gasteiger partial charge >= 0.3 is 11.9 Å². The van der Waals surface area contributed by atoms with Gasteiger partial charge in [-0.15, -0.1) is 0 Å². The molecule has 2 fully saturated rings. The molecule has 1 aliphatic heterocycles. The minimum absolute atomic E-state index is 0.0297. The molecular formula is C23H30O6. The molecule has 0 bridgehead atoms. The molecule has 6 nitrogen and oxygen atoms in total. The third-order valence-corrected chi connectivity index (χ3v) is 6.74. The molecule has 1 saturated carbocycles. The molecule has 1 heterocycles. The van der Waals surface area contributed by atoms with Crippen LogP contribution in [0.1, 0.15) is 40.0 Å². The Balaban J connectivity index is 1.88. The summed E-state index contributed by atoms with van der Waals surface area (Å²) in [5, 5.41) is 20.1. The highest BCUT2D eigenvalue weighted by Crippen LogP contribution is 2.63. The van der Waals surface area contributed by atoms with Crippen LogP contribution in [0.4, 0.5) is 0 Å². The van der Waals surface area contributed by atoms with E-state index in [1.54, 1.807) is 36.5 Å². The lowest BCUT2D eigenvalue weighted by molar-refractivity contribution is -0.194. The van der Waals surface area contributed by atoms with E-state index in [0.717, 1.165) is 12.8 Å². The number of cyclic esters (lactones) is 1. The summed E-state index contributed by atoms with van der Waals surface area (Å²) < 4.78 is 11.0. The zero-order valence-corrected chi connectivity index (χ0v) is 17.3. The normalized spacial score (nSPS) is 36.2. The molecule has 3 rings (SSSR count). The van der Waals surface area contributed by atoms with Gasteiger partial charge in [-0.1, -0.05) is 57.6 Å². The lowest BCUT2D eigenvalue weighted by Gasteiger charge is -2.59. The van der Waals surface area contributed by atoms with Crippen LogP contribution in [0.5, 0.6) is 0 Å². The van der Waals surface area contributed by atoms with Crippen molar-refractivity contribution in [1.82, 2.24) is 0 Å². The Morgan fingerprint density at radius 2 is 1.97 bits per heavy atom. The van der Waals surface area contributed by atoms with Crippen molar-refractivity contribution in [3.05, 3.63) is 48.1 Å². The van der Waals surface area contributed by atoms with Gasteiger partial charge in [0.2, 0.25) is 0 Å². The van der Waals surface area contributed by atoms with E-state index in [1.807, 2.05) is 6.92 Å². The molecule has 2 aliphatic carbocycles. The molecule has 158 valence electrons. The number of ether oxygens (including phenoxy) is 2. The van der Waals surface area contributed by atoms with Gasteiger partial charge in [0.1, 0.15) is 12.7 Å². The molecule has 0 amide bonds. The van der Waals surface area contributed by atoms with Crippen LogP contribution in [-0.4, -0.2) is 47.1 Å². The van der Waals surface area contributed by atoms with Crippen molar-refractivity contribution >= 4 is 11.9 Å². The summed E-state index contributed by atoms with van der Waals surface area (Å²) in [6, 6.07) is 0. The van der Waals surface area contributed by atoms with Crippen LogP contribution in [-0.2, 0) is 19.1 Å². The second-order valence-corrected chi connectivity index (χ2v) is 8.97. The van der Waals surface area contributed by atoms with Crippen LogP contribution >= 0.6 is 0 Å². The third-order valence-electron chi connectivity index (χ3n) is 6.74. The molecule has 6 heteroatoms. The smallest absolute Gasteiger partial charge is 0.343 e. The second-order valence-electron chi connectivity index (χ2n) is 8.97. The van der Waals surface area contributed by atoms with E-state index in [9.17, 15) is 14.7 Å². The Morgan fingerprint density at radius 3 is 2.69 bits per heavy atom. The first kappa shape index (κ1) is 21.5. The quantitative estimate of drug-likeness (QED) is 0.318. The summed E-state index contributed by atoms with van der Waals surface area (Å²) in [5.74, 6) is -1.30. The van der Waals surface area contributed by atoms with Crippen LogP contribution in [0, 0.1) is 16.7 Å². The number of fused-ring (bicyclic) bond motifs is 3. The largest absolute Gasteiger partial charge is 0.459 e. The molecule has 2 N–H and O–H groups in total. The minimum Gasteiger partial charge on any atom is -0.459 e. The van der Waals surface area contributed by atoms with E-state index in [-0.39, 0.29) is 24.5 Å². The van der Waals surface area contributed by atoms with Gasteiger partial charge in [-0.2, -0.15) is 0 Å². The van der Waals surface area contributed by atoms with E-state index in [1.165, 1.54) is 6.08 Å². The molecular weight excluding hydrogens is 372 g/mol. The van der Waals surface area contributed by atoms with Gasteiger partial charge in [-0.05, 0) is 24.3 Å². The number of aliphatic hydroxyl groups excluding tert-OH is 1. The van der Waals surface area contributed by atoms with E-state index in [0.29, 0.717) is 12.0 Å². The summed E-state index contributed by atoms with van der Waals surface area (Å²) >= 11 is 0. The zero-order chi connectivity index (χ0) is 21.3. The average Bonchev–Trinajstić information content (AvgIpc) is 2.94. The first-order valence-electron chi connectivity index (χ1n) is 10.1. The lowest BCUT2D eigenvalue weighted by atomic mass is 9.46. The molecule has 0 aromatic rings. The monoisotopic (exact) mass is 402 g/mol. The Hall–Kier alpha value is -2.18. The number of esters is 2. The summed E-state index contributed by atoms with van der Waals surface area (Å²) in [4.78, 5) is 25.0. The van der Waals surface area contributed by atoms with Gasteiger partial charge in [0.25, 0.3) is 0 Å². The molecule has 0 aromatic heterocycles. The molecule has 1 saturated heterocycles. The maximum absolute atomic E-state index is 12.5. The summed E-state index contributed by atoms with van der Waals surface area (Å²) in [7, 11) is 0. The van der Waals surface area contributed by atoms with Crippen LogP contribution in [0.2, 0.25) is 0 Å². The molecule has 0 radical (unpaired) electrons. The Morgan fingerprint density at radius 1 is 1.24 bits per heavy atom. The average molecular weight is 402 g/mol. The summed E-state index contributed by atoms with van der Waals surface area (Å²) in [6.45, 7) is 6.11. The van der Waals surface area contributed by atoms with Crippen molar-refractivity contribution in [2.75, 3.05) is 13.2 Å².